The van der Waals surface area contributed by atoms with E-state index in [1.165, 1.54) is 28.3 Å². The van der Waals surface area contributed by atoms with Crippen molar-refractivity contribution in [3.8, 4) is 11.1 Å². The van der Waals surface area contributed by atoms with Gasteiger partial charge in [0.25, 0.3) is 0 Å². The predicted molar refractivity (Wildman–Crippen MR) is 123 cm³/mol. The fourth-order valence-electron chi connectivity index (χ4n) is 3.83. The summed E-state index contributed by atoms with van der Waals surface area (Å²) >= 11 is 5.94. The summed E-state index contributed by atoms with van der Waals surface area (Å²) in [6, 6.07) is 19.5. The number of alkyl carbamates (subject to hydrolysis) is 1. The Hall–Kier alpha value is -3.31. The maximum absolute atomic E-state index is 13.7. The molecule has 158 valence electrons. The maximum atomic E-state index is 13.7. The number of halogens is 2. The Balaban J connectivity index is 1.28. The second-order valence-electron chi connectivity index (χ2n) is 7.32. The molecule has 0 saturated carbocycles. The van der Waals surface area contributed by atoms with Crippen LogP contribution in [0.3, 0.4) is 0 Å². The fraction of sp³-hybridized carbons (Fsp3) is 0.160. The monoisotopic (exact) mass is 436 g/mol. The molecule has 0 atom stereocenters. The van der Waals surface area contributed by atoms with Crippen LogP contribution in [0.15, 0.2) is 66.7 Å². The lowest BCUT2D eigenvalue weighted by Crippen LogP contribution is -2.26. The first kappa shape index (κ1) is 20.9. The zero-order valence-electron chi connectivity index (χ0n) is 16.8. The lowest BCUT2D eigenvalue weighted by atomic mass is 9.98. The van der Waals surface area contributed by atoms with E-state index in [-0.39, 0.29) is 23.2 Å². The van der Waals surface area contributed by atoms with Crippen LogP contribution in [0.4, 0.5) is 14.9 Å². The Bertz CT molecular complexity index is 1100. The molecule has 4 nitrogen and oxygen atoms in total. The van der Waals surface area contributed by atoms with Crippen LogP contribution in [0.5, 0.6) is 0 Å². The van der Waals surface area contributed by atoms with Crippen molar-refractivity contribution in [3.05, 3.63) is 94.3 Å². The standard InChI is InChI=1S/C25H22ClFN2O2/c26-23-16(12-13-22(28)24(23)27)7-5-6-14-29-25(30)31-15-21-19-10-3-1-8-17(19)18-9-2-4-11-20(18)21/h1-5,7-13,21H,6,14-15,28H2,(H,29,30). The fourth-order valence-corrected chi connectivity index (χ4v) is 4.06. The van der Waals surface area contributed by atoms with Crippen LogP contribution in [0, 0.1) is 5.82 Å². The van der Waals surface area contributed by atoms with Crippen LogP contribution in [-0.4, -0.2) is 19.2 Å². The molecule has 1 aliphatic rings. The molecule has 0 fully saturated rings. The van der Waals surface area contributed by atoms with Gasteiger partial charge in [0.2, 0.25) is 0 Å². The summed E-state index contributed by atoms with van der Waals surface area (Å²) in [6.07, 6.45) is 3.59. The van der Waals surface area contributed by atoms with Gasteiger partial charge in [-0.2, -0.15) is 0 Å². The highest BCUT2D eigenvalue weighted by molar-refractivity contribution is 6.32. The van der Waals surface area contributed by atoms with Gasteiger partial charge < -0.3 is 15.8 Å². The SMILES string of the molecule is Nc1ccc(C=CCCNC(=O)OCC2c3ccccc3-c3ccccc32)c(Cl)c1F. The van der Waals surface area contributed by atoms with Crippen molar-refractivity contribution in [2.75, 3.05) is 18.9 Å². The molecule has 0 bridgehead atoms. The number of fused-ring (bicyclic) bond motifs is 3. The molecule has 6 heteroatoms. The average molecular weight is 437 g/mol. The van der Waals surface area contributed by atoms with E-state index in [4.69, 9.17) is 22.1 Å². The van der Waals surface area contributed by atoms with Crippen LogP contribution in [-0.2, 0) is 4.74 Å². The van der Waals surface area contributed by atoms with Crippen LogP contribution in [0.2, 0.25) is 5.02 Å². The van der Waals surface area contributed by atoms with Gasteiger partial charge in [-0.25, -0.2) is 9.18 Å². The molecule has 3 aromatic rings. The Morgan fingerprint density at radius 2 is 1.71 bits per heavy atom. The first-order valence-corrected chi connectivity index (χ1v) is 10.4. The quantitative estimate of drug-likeness (QED) is 0.367. The smallest absolute Gasteiger partial charge is 0.407 e. The summed E-state index contributed by atoms with van der Waals surface area (Å²) in [4.78, 5) is 12.2. The third kappa shape index (κ3) is 4.42. The summed E-state index contributed by atoms with van der Waals surface area (Å²) in [5.41, 5.74) is 10.8. The van der Waals surface area contributed by atoms with Gasteiger partial charge >= 0.3 is 6.09 Å². The van der Waals surface area contributed by atoms with Crippen molar-refractivity contribution < 1.29 is 13.9 Å². The number of carbonyl (C=O) groups excluding carboxylic acids is 1. The Morgan fingerprint density at radius 1 is 1.06 bits per heavy atom. The summed E-state index contributed by atoms with van der Waals surface area (Å²) in [7, 11) is 0. The maximum Gasteiger partial charge on any atom is 0.407 e. The number of carbonyl (C=O) groups is 1. The highest BCUT2D eigenvalue weighted by Gasteiger charge is 2.28. The molecule has 0 heterocycles. The molecule has 0 spiro atoms. The van der Waals surface area contributed by atoms with Crippen molar-refractivity contribution in [2.45, 2.75) is 12.3 Å². The molecule has 4 rings (SSSR count). The van der Waals surface area contributed by atoms with Crippen LogP contribution >= 0.6 is 11.6 Å². The van der Waals surface area contributed by atoms with Gasteiger partial charge in [-0.1, -0.05) is 78.4 Å². The highest BCUT2D eigenvalue weighted by atomic mass is 35.5. The number of hydrogen-bond acceptors (Lipinski definition) is 3. The molecule has 3 aromatic carbocycles. The van der Waals surface area contributed by atoms with Crippen molar-refractivity contribution in [1.82, 2.24) is 5.32 Å². The minimum atomic E-state index is -0.624. The van der Waals surface area contributed by atoms with Gasteiger partial charge in [-0.05, 0) is 40.3 Å². The van der Waals surface area contributed by atoms with E-state index in [0.717, 1.165) is 0 Å². The van der Waals surface area contributed by atoms with Gasteiger partial charge in [-0.15, -0.1) is 0 Å². The number of benzene rings is 3. The number of rotatable bonds is 6. The molecular formula is C25H22ClFN2O2. The molecule has 0 aromatic heterocycles. The summed E-state index contributed by atoms with van der Waals surface area (Å²) in [6.45, 7) is 0.665. The molecule has 0 saturated heterocycles. The van der Waals surface area contributed by atoms with E-state index >= 15 is 0 Å². The molecule has 3 N–H and O–H groups in total. The van der Waals surface area contributed by atoms with Gasteiger partial charge in [0.15, 0.2) is 5.82 Å². The second kappa shape index (κ2) is 9.23. The number of anilines is 1. The van der Waals surface area contributed by atoms with Crippen molar-refractivity contribution in [2.24, 2.45) is 0 Å². The topological polar surface area (TPSA) is 64.3 Å². The molecule has 31 heavy (non-hydrogen) atoms. The molecule has 1 aliphatic carbocycles. The summed E-state index contributed by atoms with van der Waals surface area (Å²) in [5, 5.41) is 2.72. The molecule has 0 unspecified atom stereocenters. The van der Waals surface area contributed by atoms with Gasteiger partial charge in [0.05, 0.1) is 10.7 Å². The van der Waals surface area contributed by atoms with Crippen molar-refractivity contribution in [3.63, 3.8) is 0 Å². The van der Waals surface area contributed by atoms with Gasteiger partial charge in [0.1, 0.15) is 6.61 Å². The Morgan fingerprint density at radius 3 is 2.39 bits per heavy atom. The van der Waals surface area contributed by atoms with Crippen molar-refractivity contribution in [1.29, 1.82) is 0 Å². The normalized spacial score (nSPS) is 12.6. The van der Waals surface area contributed by atoms with Gasteiger partial charge in [-0.3, -0.25) is 0 Å². The van der Waals surface area contributed by atoms with E-state index in [0.29, 0.717) is 18.5 Å². The molecule has 0 aliphatic heterocycles. The van der Waals surface area contributed by atoms with Crippen LogP contribution in [0.1, 0.15) is 29.0 Å². The summed E-state index contributed by atoms with van der Waals surface area (Å²) in [5.74, 6) is -0.596. The predicted octanol–water partition coefficient (Wildman–Crippen LogP) is 6.00. The first-order valence-electron chi connectivity index (χ1n) is 10.0. The third-order valence-corrected chi connectivity index (χ3v) is 5.75. The molecule has 1 amide bonds. The lowest BCUT2D eigenvalue weighted by molar-refractivity contribution is 0.143. The lowest BCUT2D eigenvalue weighted by Gasteiger charge is -2.14. The van der Waals surface area contributed by atoms with E-state index < -0.39 is 11.9 Å². The highest BCUT2D eigenvalue weighted by Crippen LogP contribution is 2.44. The number of nitrogens with two attached hydrogens (primary N) is 1. The van der Waals surface area contributed by atoms with Crippen molar-refractivity contribution >= 4 is 29.5 Å². The first-order chi connectivity index (χ1) is 15.1. The Kier molecular flexibility index (Phi) is 6.23. The minimum Gasteiger partial charge on any atom is -0.449 e. The minimum absolute atomic E-state index is 0.0130. The number of amides is 1. The number of nitrogen functional groups attached to an aromatic ring is 1. The summed E-state index contributed by atoms with van der Waals surface area (Å²) < 4.78 is 19.2. The third-order valence-electron chi connectivity index (χ3n) is 5.36. The van der Waals surface area contributed by atoms with Crippen LogP contribution in [0.25, 0.3) is 17.2 Å². The van der Waals surface area contributed by atoms with Crippen LogP contribution < -0.4 is 11.1 Å². The van der Waals surface area contributed by atoms with E-state index in [1.54, 1.807) is 18.2 Å². The number of hydrogen-bond donors (Lipinski definition) is 2. The zero-order chi connectivity index (χ0) is 21.8. The van der Waals surface area contributed by atoms with E-state index in [1.807, 2.05) is 24.3 Å². The van der Waals surface area contributed by atoms with E-state index in [2.05, 4.69) is 29.6 Å². The van der Waals surface area contributed by atoms with Gasteiger partial charge in [0, 0.05) is 12.5 Å². The van der Waals surface area contributed by atoms with E-state index in [9.17, 15) is 9.18 Å². The second-order valence-corrected chi connectivity index (χ2v) is 7.69. The number of nitrogens with one attached hydrogen (secondary N) is 1. The number of ether oxygens (including phenoxy) is 1. The molecular weight excluding hydrogens is 415 g/mol. The largest absolute Gasteiger partial charge is 0.449 e. The Labute approximate surface area is 185 Å². The molecule has 0 radical (unpaired) electrons. The average Bonchev–Trinajstić information content (AvgIpc) is 3.11. The zero-order valence-corrected chi connectivity index (χ0v) is 17.5.